The highest BCUT2D eigenvalue weighted by atomic mass is 79.9. The lowest BCUT2D eigenvalue weighted by molar-refractivity contribution is 0.519. The van der Waals surface area contributed by atoms with Gasteiger partial charge in [-0.15, -0.1) is 0 Å². The largest absolute Gasteiger partial charge is 0.385 e. The second-order valence-corrected chi connectivity index (χ2v) is 4.94. The van der Waals surface area contributed by atoms with E-state index >= 15 is 0 Å². The van der Waals surface area contributed by atoms with Gasteiger partial charge >= 0.3 is 0 Å². The maximum atomic E-state index is 3.52. The zero-order valence-electron chi connectivity index (χ0n) is 9.81. The van der Waals surface area contributed by atoms with E-state index in [4.69, 9.17) is 0 Å². The van der Waals surface area contributed by atoms with Gasteiger partial charge in [0.2, 0.25) is 0 Å². The highest BCUT2D eigenvalue weighted by Gasteiger charge is 2.04. The smallest absolute Gasteiger partial charge is 0.0370 e. The van der Waals surface area contributed by atoms with E-state index in [2.05, 4.69) is 60.2 Å². The number of hydrogen-bond donors (Lipinski definition) is 1. The van der Waals surface area contributed by atoms with Crippen LogP contribution in [-0.4, -0.2) is 6.54 Å². The van der Waals surface area contributed by atoms with E-state index < -0.39 is 0 Å². The Labute approximate surface area is 101 Å². The van der Waals surface area contributed by atoms with Gasteiger partial charge in [-0.25, -0.2) is 0 Å². The van der Waals surface area contributed by atoms with Gasteiger partial charge in [0, 0.05) is 16.7 Å². The van der Waals surface area contributed by atoms with Crippen molar-refractivity contribution >= 4 is 21.6 Å². The van der Waals surface area contributed by atoms with Crippen LogP contribution in [0.3, 0.4) is 0 Å². The molecule has 2 heteroatoms. The van der Waals surface area contributed by atoms with E-state index in [1.165, 1.54) is 24.1 Å². The van der Waals surface area contributed by atoms with Gasteiger partial charge in [0.25, 0.3) is 0 Å². The molecular formula is C13H20BrN. The first kappa shape index (κ1) is 12.6. The second kappa shape index (κ2) is 6.16. The third kappa shape index (κ3) is 3.86. The lowest BCUT2D eigenvalue weighted by atomic mass is 10.0. The Hall–Kier alpha value is -0.500. The molecule has 0 atom stereocenters. The van der Waals surface area contributed by atoms with Gasteiger partial charge < -0.3 is 5.32 Å². The zero-order valence-corrected chi connectivity index (χ0v) is 11.4. The summed E-state index contributed by atoms with van der Waals surface area (Å²) in [7, 11) is 0. The van der Waals surface area contributed by atoms with Crippen LogP contribution >= 0.6 is 15.9 Å². The third-order valence-electron chi connectivity index (χ3n) is 2.92. The van der Waals surface area contributed by atoms with Crippen molar-refractivity contribution in [3.8, 4) is 0 Å². The molecular weight excluding hydrogens is 250 g/mol. The molecule has 0 amide bonds. The first-order valence-corrected chi connectivity index (χ1v) is 6.46. The van der Waals surface area contributed by atoms with Crippen molar-refractivity contribution in [2.24, 2.45) is 5.92 Å². The van der Waals surface area contributed by atoms with Crippen LogP contribution in [0.15, 0.2) is 22.7 Å². The summed E-state index contributed by atoms with van der Waals surface area (Å²) in [6, 6.07) is 6.37. The summed E-state index contributed by atoms with van der Waals surface area (Å²) in [5, 5.41) is 3.52. The molecule has 0 aliphatic rings. The molecule has 1 aromatic carbocycles. The van der Waals surface area contributed by atoms with Crippen LogP contribution in [0.4, 0.5) is 5.69 Å². The molecule has 15 heavy (non-hydrogen) atoms. The maximum Gasteiger partial charge on any atom is 0.0370 e. The average molecular weight is 270 g/mol. The number of benzene rings is 1. The van der Waals surface area contributed by atoms with Gasteiger partial charge in [0.15, 0.2) is 0 Å². The molecule has 0 aromatic heterocycles. The van der Waals surface area contributed by atoms with Crippen molar-refractivity contribution in [1.29, 1.82) is 0 Å². The number of halogens is 1. The normalized spacial score (nSPS) is 10.7. The summed E-state index contributed by atoms with van der Waals surface area (Å²) in [6.45, 7) is 7.73. The first-order valence-electron chi connectivity index (χ1n) is 5.67. The average Bonchev–Trinajstić information content (AvgIpc) is 2.22. The van der Waals surface area contributed by atoms with Crippen LogP contribution in [-0.2, 0) is 0 Å². The Balaban J connectivity index is 2.57. The fourth-order valence-corrected chi connectivity index (χ4v) is 2.13. The SMILES string of the molecule is CCC(CC)CNc1ccc(Br)cc1C. The van der Waals surface area contributed by atoms with Gasteiger partial charge in [-0.1, -0.05) is 42.6 Å². The Morgan fingerprint density at radius 2 is 1.93 bits per heavy atom. The highest BCUT2D eigenvalue weighted by Crippen LogP contribution is 2.20. The Kier molecular flexibility index (Phi) is 5.16. The minimum atomic E-state index is 0.785. The van der Waals surface area contributed by atoms with Crippen LogP contribution < -0.4 is 5.32 Å². The van der Waals surface area contributed by atoms with Crippen LogP contribution in [0.1, 0.15) is 32.3 Å². The molecule has 0 bridgehead atoms. The minimum absolute atomic E-state index is 0.785. The first-order chi connectivity index (χ1) is 7.17. The molecule has 0 unspecified atom stereocenters. The Morgan fingerprint density at radius 3 is 2.47 bits per heavy atom. The molecule has 0 fully saturated rings. The van der Waals surface area contributed by atoms with Crippen LogP contribution in [0.2, 0.25) is 0 Å². The fourth-order valence-electron chi connectivity index (χ4n) is 1.66. The second-order valence-electron chi connectivity index (χ2n) is 4.02. The summed E-state index contributed by atoms with van der Waals surface area (Å²) in [5.74, 6) is 0.785. The highest BCUT2D eigenvalue weighted by molar-refractivity contribution is 9.10. The van der Waals surface area contributed by atoms with E-state index in [1.54, 1.807) is 0 Å². The van der Waals surface area contributed by atoms with Gasteiger partial charge in [0.1, 0.15) is 0 Å². The van der Waals surface area contributed by atoms with Gasteiger partial charge in [-0.2, -0.15) is 0 Å². The molecule has 0 saturated carbocycles. The fraction of sp³-hybridized carbons (Fsp3) is 0.538. The molecule has 0 aliphatic heterocycles. The summed E-state index contributed by atoms with van der Waals surface area (Å²) in [5.41, 5.74) is 2.56. The van der Waals surface area contributed by atoms with E-state index in [0.29, 0.717) is 0 Å². The van der Waals surface area contributed by atoms with Crippen LogP contribution in [0.25, 0.3) is 0 Å². The number of anilines is 1. The summed E-state index contributed by atoms with van der Waals surface area (Å²) in [4.78, 5) is 0. The van der Waals surface area contributed by atoms with Crippen molar-refractivity contribution < 1.29 is 0 Å². The van der Waals surface area contributed by atoms with Crippen molar-refractivity contribution in [3.63, 3.8) is 0 Å². The van der Waals surface area contributed by atoms with Gasteiger partial charge in [0.05, 0.1) is 0 Å². The molecule has 1 nitrogen and oxygen atoms in total. The molecule has 1 N–H and O–H groups in total. The number of nitrogens with one attached hydrogen (secondary N) is 1. The lowest BCUT2D eigenvalue weighted by Gasteiger charge is -2.15. The van der Waals surface area contributed by atoms with Gasteiger partial charge in [-0.05, 0) is 36.6 Å². The van der Waals surface area contributed by atoms with E-state index in [-0.39, 0.29) is 0 Å². The van der Waals surface area contributed by atoms with Crippen LogP contribution in [0, 0.1) is 12.8 Å². The molecule has 0 spiro atoms. The van der Waals surface area contributed by atoms with E-state index in [0.717, 1.165) is 16.9 Å². The number of aryl methyl sites for hydroxylation is 1. The predicted molar refractivity (Wildman–Crippen MR) is 71.4 cm³/mol. The van der Waals surface area contributed by atoms with Crippen molar-refractivity contribution in [2.45, 2.75) is 33.6 Å². The Bertz CT molecular complexity index is 305. The molecule has 1 aromatic rings. The molecule has 0 heterocycles. The molecule has 0 aliphatic carbocycles. The predicted octanol–water partition coefficient (Wildman–Crippen LogP) is 4.61. The van der Waals surface area contributed by atoms with Crippen molar-refractivity contribution in [1.82, 2.24) is 0 Å². The monoisotopic (exact) mass is 269 g/mol. The zero-order chi connectivity index (χ0) is 11.3. The minimum Gasteiger partial charge on any atom is -0.385 e. The van der Waals surface area contributed by atoms with Crippen LogP contribution in [0.5, 0.6) is 0 Å². The third-order valence-corrected chi connectivity index (χ3v) is 3.42. The van der Waals surface area contributed by atoms with E-state index in [1.807, 2.05) is 0 Å². The standard InChI is InChI=1S/C13H20BrN/c1-4-11(5-2)9-15-13-7-6-12(14)8-10(13)3/h6-8,11,15H,4-5,9H2,1-3H3. The summed E-state index contributed by atoms with van der Waals surface area (Å²) >= 11 is 3.48. The number of rotatable bonds is 5. The van der Waals surface area contributed by atoms with Gasteiger partial charge in [-0.3, -0.25) is 0 Å². The van der Waals surface area contributed by atoms with Crippen molar-refractivity contribution in [2.75, 3.05) is 11.9 Å². The lowest BCUT2D eigenvalue weighted by Crippen LogP contribution is -2.13. The van der Waals surface area contributed by atoms with E-state index in [9.17, 15) is 0 Å². The topological polar surface area (TPSA) is 12.0 Å². The molecule has 84 valence electrons. The summed E-state index contributed by atoms with van der Waals surface area (Å²) < 4.78 is 1.15. The molecule has 0 radical (unpaired) electrons. The Morgan fingerprint density at radius 1 is 1.27 bits per heavy atom. The van der Waals surface area contributed by atoms with Crippen molar-refractivity contribution in [3.05, 3.63) is 28.2 Å². The maximum absolute atomic E-state index is 3.52. The molecule has 0 saturated heterocycles. The number of hydrogen-bond acceptors (Lipinski definition) is 1. The quantitative estimate of drug-likeness (QED) is 0.824. The summed E-state index contributed by atoms with van der Waals surface area (Å²) in [6.07, 6.45) is 2.50. The molecule has 1 rings (SSSR count).